The molecule has 92 valence electrons. The maximum Gasteiger partial charge on any atom is 0.101 e. The van der Waals surface area contributed by atoms with E-state index in [1.807, 2.05) is 0 Å². The second-order valence-electron chi connectivity index (χ2n) is 4.83. The summed E-state index contributed by atoms with van der Waals surface area (Å²) < 4.78 is 5.61. The van der Waals surface area contributed by atoms with Crippen molar-refractivity contribution in [1.29, 1.82) is 5.26 Å². The lowest BCUT2D eigenvalue weighted by Gasteiger charge is -2.32. The summed E-state index contributed by atoms with van der Waals surface area (Å²) in [4.78, 5) is 2.41. The third-order valence-electron chi connectivity index (χ3n) is 3.10. The van der Waals surface area contributed by atoms with Crippen LogP contribution in [0.4, 0.5) is 0 Å². The molecule has 0 amide bonds. The van der Waals surface area contributed by atoms with Crippen molar-refractivity contribution in [3.05, 3.63) is 0 Å². The Morgan fingerprint density at radius 2 is 2.38 bits per heavy atom. The predicted molar refractivity (Wildman–Crippen MR) is 63.9 cm³/mol. The van der Waals surface area contributed by atoms with Gasteiger partial charge in [0.05, 0.1) is 18.8 Å². The van der Waals surface area contributed by atoms with E-state index in [0.717, 1.165) is 45.5 Å². The first-order valence-electron chi connectivity index (χ1n) is 6.11. The molecule has 0 aromatic heterocycles. The van der Waals surface area contributed by atoms with E-state index in [1.165, 1.54) is 0 Å². The van der Waals surface area contributed by atoms with Crippen molar-refractivity contribution in [2.45, 2.75) is 44.8 Å². The Hall–Kier alpha value is -0.630. The van der Waals surface area contributed by atoms with Crippen molar-refractivity contribution in [3.63, 3.8) is 0 Å². The van der Waals surface area contributed by atoms with E-state index in [-0.39, 0.29) is 0 Å². The highest BCUT2D eigenvalue weighted by atomic mass is 16.5. The van der Waals surface area contributed by atoms with E-state index in [4.69, 9.17) is 15.7 Å². The quantitative estimate of drug-likeness (QED) is 0.761. The summed E-state index contributed by atoms with van der Waals surface area (Å²) in [6, 6.07) is 2.13. The lowest BCUT2D eigenvalue weighted by atomic mass is 9.99. The van der Waals surface area contributed by atoms with Crippen molar-refractivity contribution in [2.24, 2.45) is 5.73 Å². The molecule has 0 radical (unpaired) electrons. The first-order chi connectivity index (χ1) is 7.57. The highest BCUT2D eigenvalue weighted by Crippen LogP contribution is 2.12. The molecule has 0 spiro atoms. The van der Waals surface area contributed by atoms with E-state index in [0.29, 0.717) is 6.10 Å². The van der Waals surface area contributed by atoms with Crippen molar-refractivity contribution in [2.75, 3.05) is 26.2 Å². The molecule has 0 aliphatic carbocycles. The molecule has 2 atom stereocenters. The predicted octanol–water partition coefficient (Wildman–Crippen LogP) is 1.12. The molecule has 2 N–H and O–H groups in total. The van der Waals surface area contributed by atoms with Crippen LogP contribution in [0.15, 0.2) is 0 Å². The zero-order chi connectivity index (χ0) is 12.0. The zero-order valence-corrected chi connectivity index (χ0v) is 10.4. The molecule has 1 aliphatic heterocycles. The third-order valence-corrected chi connectivity index (χ3v) is 3.10. The van der Waals surface area contributed by atoms with E-state index in [2.05, 4.69) is 17.9 Å². The molecule has 2 unspecified atom stereocenters. The molecule has 0 saturated carbocycles. The molecule has 16 heavy (non-hydrogen) atoms. The van der Waals surface area contributed by atoms with E-state index < -0.39 is 5.54 Å². The fraction of sp³-hybridized carbons (Fsp3) is 0.917. The molecule has 0 bridgehead atoms. The SMILES string of the molecule is CCC1CN(CCCC(C)(N)C#N)CCO1. The van der Waals surface area contributed by atoms with Crippen LogP contribution in [-0.2, 0) is 4.74 Å². The molecule has 1 saturated heterocycles. The Morgan fingerprint density at radius 1 is 1.62 bits per heavy atom. The van der Waals surface area contributed by atoms with Crippen LogP contribution in [0.2, 0.25) is 0 Å². The van der Waals surface area contributed by atoms with Gasteiger partial charge in [0, 0.05) is 13.1 Å². The normalized spacial score (nSPS) is 26.0. The summed E-state index contributed by atoms with van der Waals surface area (Å²) in [7, 11) is 0. The van der Waals surface area contributed by atoms with Crippen LogP contribution in [0.1, 0.15) is 33.1 Å². The van der Waals surface area contributed by atoms with Crippen molar-refractivity contribution >= 4 is 0 Å². The number of ether oxygens (including phenoxy) is 1. The van der Waals surface area contributed by atoms with Crippen molar-refractivity contribution in [1.82, 2.24) is 4.90 Å². The van der Waals surface area contributed by atoms with Gasteiger partial charge in [0.25, 0.3) is 0 Å². The summed E-state index contributed by atoms with van der Waals surface area (Å²) in [6.45, 7) is 7.82. The number of hydrogen-bond donors (Lipinski definition) is 1. The number of rotatable bonds is 5. The second kappa shape index (κ2) is 6.19. The first-order valence-corrected chi connectivity index (χ1v) is 6.11. The number of morpholine rings is 1. The molecule has 0 aromatic carbocycles. The van der Waals surface area contributed by atoms with E-state index in [1.54, 1.807) is 6.92 Å². The maximum atomic E-state index is 8.80. The maximum absolute atomic E-state index is 8.80. The van der Waals surface area contributed by atoms with Gasteiger partial charge in [-0.25, -0.2) is 0 Å². The zero-order valence-electron chi connectivity index (χ0n) is 10.4. The summed E-state index contributed by atoms with van der Waals surface area (Å²) in [5, 5.41) is 8.80. The van der Waals surface area contributed by atoms with Crippen molar-refractivity contribution < 1.29 is 4.74 Å². The van der Waals surface area contributed by atoms with Crippen molar-refractivity contribution in [3.8, 4) is 6.07 Å². The van der Waals surface area contributed by atoms with Crippen LogP contribution in [0.5, 0.6) is 0 Å². The van der Waals surface area contributed by atoms with Gasteiger partial charge in [0.2, 0.25) is 0 Å². The average Bonchev–Trinajstić information content (AvgIpc) is 2.29. The minimum absolute atomic E-state index is 0.383. The molecule has 1 aliphatic rings. The van der Waals surface area contributed by atoms with Crippen LogP contribution < -0.4 is 5.73 Å². The Labute approximate surface area is 98.4 Å². The van der Waals surface area contributed by atoms with E-state index >= 15 is 0 Å². The van der Waals surface area contributed by atoms with Gasteiger partial charge in [0.15, 0.2) is 0 Å². The Balaban J connectivity index is 2.20. The Bertz CT molecular complexity index is 247. The average molecular weight is 225 g/mol. The van der Waals surface area contributed by atoms with Gasteiger partial charge in [-0.05, 0) is 32.7 Å². The van der Waals surface area contributed by atoms with Gasteiger partial charge in [-0.15, -0.1) is 0 Å². The summed E-state index contributed by atoms with van der Waals surface area (Å²) in [5.41, 5.74) is 5.11. The van der Waals surface area contributed by atoms with Gasteiger partial charge >= 0.3 is 0 Å². The molecular weight excluding hydrogens is 202 g/mol. The van der Waals surface area contributed by atoms with Crippen LogP contribution in [0.3, 0.4) is 0 Å². The molecule has 4 heteroatoms. The molecule has 4 nitrogen and oxygen atoms in total. The van der Waals surface area contributed by atoms with Gasteiger partial charge < -0.3 is 10.5 Å². The van der Waals surface area contributed by atoms with Crippen LogP contribution in [-0.4, -0.2) is 42.8 Å². The summed E-state index contributed by atoms with van der Waals surface area (Å²) in [6.07, 6.45) is 3.20. The highest BCUT2D eigenvalue weighted by molar-refractivity contribution is 5.00. The number of nitrogens with two attached hydrogens (primary N) is 1. The minimum atomic E-state index is -0.670. The smallest absolute Gasteiger partial charge is 0.101 e. The first kappa shape index (κ1) is 13.4. The Morgan fingerprint density at radius 3 is 3.00 bits per heavy atom. The standard InChI is InChI=1S/C12H23N3O/c1-3-11-9-15(7-8-16-11)6-4-5-12(2,14)10-13/h11H,3-9,14H2,1-2H3. The van der Waals surface area contributed by atoms with Gasteiger partial charge in [-0.2, -0.15) is 5.26 Å². The van der Waals surface area contributed by atoms with E-state index in [9.17, 15) is 0 Å². The lowest BCUT2D eigenvalue weighted by Crippen LogP contribution is -2.43. The summed E-state index contributed by atoms with van der Waals surface area (Å²) >= 11 is 0. The number of nitriles is 1. The fourth-order valence-electron chi connectivity index (χ4n) is 1.96. The second-order valence-corrected chi connectivity index (χ2v) is 4.83. The monoisotopic (exact) mass is 225 g/mol. The minimum Gasteiger partial charge on any atom is -0.376 e. The van der Waals surface area contributed by atoms with Crippen LogP contribution in [0.25, 0.3) is 0 Å². The topological polar surface area (TPSA) is 62.3 Å². The molecule has 1 rings (SSSR count). The summed E-state index contributed by atoms with van der Waals surface area (Å²) in [5.74, 6) is 0. The number of nitrogens with zero attached hydrogens (tertiary/aromatic N) is 2. The highest BCUT2D eigenvalue weighted by Gasteiger charge is 2.20. The van der Waals surface area contributed by atoms with Gasteiger partial charge in [0.1, 0.15) is 5.54 Å². The van der Waals surface area contributed by atoms with Crippen LogP contribution >= 0.6 is 0 Å². The van der Waals surface area contributed by atoms with Gasteiger partial charge in [-0.1, -0.05) is 6.92 Å². The molecule has 0 aromatic rings. The van der Waals surface area contributed by atoms with Gasteiger partial charge in [-0.3, -0.25) is 4.90 Å². The fourth-order valence-corrected chi connectivity index (χ4v) is 1.96. The molecule has 1 heterocycles. The molecule has 1 fully saturated rings. The Kier molecular flexibility index (Phi) is 5.20. The van der Waals surface area contributed by atoms with Crippen LogP contribution in [0, 0.1) is 11.3 Å². The largest absolute Gasteiger partial charge is 0.376 e. The third kappa shape index (κ3) is 4.48. The molecular formula is C12H23N3O. The lowest BCUT2D eigenvalue weighted by molar-refractivity contribution is -0.0301. The number of hydrogen-bond acceptors (Lipinski definition) is 4.